The second kappa shape index (κ2) is 5.37. The molecule has 0 unspecified atom stereocenters. The number of aliphatic hydroxyl groups excluding tert-OH is 1. The summed E-state index contributed by atoms with van der Waals surface area (Å²) < 4.78 is 1.51. The van der Waals surface area contributed by atoms with E-state index in [1.807, 2.05) is 4.90 Å². The Balaban J connectivity index is 2.07. The van der Waals surface area contributed by atoms with Crippen LogP contribution in [0.25, 0.3) is 4.96 Å². The van der Waals surface area contributed by atoms with Crippen LogP contribution < -0.4 is 4.90 Å². The lowest BCUT2D eigenvalue weighted by Crippen LogP contribution is -2.36. The number of anilines is 1. The molecular formula is C12H16N4O3S. The van der Waals surface area contributed by atoms with Crippen molar-refractivity contribution in [3.63, 3.8) is 0 Å². The molecule has 2 heterocycles. The van der Waals surface area contributed by atoms with Crippen LogP contribution in [-0.2, 0) is 0 Å². The van der Waals surface area contributed by atoms with E-state index in [9.17, 15) is 15.2 Å². The zero-order chi connectivity index (χ0) is 14.1. The van der Waals surface area contributed by atoms with Crippen molar-refractivity contribution in [2.45, 2.75) is 31.7 Å². The van der Waals surface area contributed by atoms with Gasteiger partial charge in [-0.05, 0) is 17.8 Å². The molecular weight excluding hydrogens is 280 g/mol. The number of rotatable bonds is 5. The van der Waals surface area contributed by atoms with Crippen molar-refractivity contribution < 1.29 is 10.0 Å². The van der Waals surface area contributed by atoms with Crippen LogP contribution in [0.3, 0.4) is 0 Å². The van der Waals surface area contributed by atoms with E-state index in [0.717, 1.165) is 25.7 Å². The molecule has 0 bridgehead atoms. The van der Waals surface area contributed by atoms with Gasteiger partial charge in [-0.1, -0.05) is 24.2 Å². The number of nitro groups is 1. The summed E-state index contributed by atoms with van der Waals surface area (Å²) in [5.74, 6) is 0.393. The molecule has 7 nitrogen and oxygen atoms in total. The number of fused-ring (bicyclic) bond motifs is 1. The van der Waals surface area contributed by atoms with Gasteiger partial charge in [0.25, 0.3) is 4.96 Å². The van der Waals surface area contributed by atoms with Crippen molar-refractivity contribution in [3.8, 4) is 0 Å². The van der Waals surface area contributed by atoms with Gasteiger partial charge < -0.3 is 20.1 Å². The maximum absolute atomic E-state index is 11.4. The first-order chi connectivity index (χ1) is 9.72. The van der Waals surface area contributed by atoms with Crippen molar-refractivity contribution in [2.24, 2.45) is 0 Å². The minimum absolute atomic E-state index is 0.00148. The van der Waals surface area contributed by atoms with Crippen molar-refractivity contribution in [1.82, 2.24) is 9.38 Å². The smallest absolute Gasteiger partial charge is 0.373 e. The van der Waals surface area contributed by atoms with Gasteiger partial charge in [0.1, 0.15) is 6.20 Å². The Morgan fingerprint density at radius 3 is 2.95 bits per heavy atom. The average molecular weight is 296 g/mol. The fourth-order valence-corrected chi connectivity index (χ4v) is 3.61. The minimum Gasteiger partial charge on any atom is -0.395 e. The molecule has 20 heavy (non-hydrogen) atoms. The number of nitrogens with zero attached hydrogens (tertiary/aromatic N) is 4. The number of aromatic nitrogens is 2. The van der Waals surface area contributed by atoms with E-state index in [1.165, 1.54) is 15.7 Å². The van der Waals surface area contributed by atoms with Crippen molar-refractivity contribution in [1.29, 1.82) is 0 Å². The number of thiazole rings is 1. The van der Waals surface area contributed by atoms with Gasteiger partial charge in [-0.3, -0.25) is 0 Å². The predicted molar refractivity (Wildman–Crippen MR) is 76.4 cm³/mol. The highest BCUT2D eigenvalue weighted by atomic mass is 32.1. The molecule has 1 aliphatic rings. The van der Waals surface area contributed by atoms with Gasteiger partial charge in [0, 0.05) is 18.0 Å². The van der Waals surface area contributed by atoms with Gasteiger partial charge in [0.15, 0.2) is 0 Å². The Hall–Kier alpha value is -1.67. The molecule has 0 atom stereocenters. The minimum atomic E-state index is -0.388. The molecule has 0 aromatic carbocycles. The lowest BCUT2D eigenvalue weighted by molar-refractivity contribution is -0.389. The predicted octanol–water partition coefficient (Wildman–Crippen LogP) is 2.05. The molecule has 2 aromatic rings. The topological polar surface area (TPSA) is 83.9 Å². The standard InChI is InChI=1S/C12H16N4O3S/c17-7-5-14(9-3-1-2-4-9)10-11(16(18)19)15-6-8-20-12(15)13-10/h6,8-9,17H,1-5,7H2. The van der Waals surface area contributed by atoms with Gasteiger partial charge in [0.2, 0.25) is 5.82 Å². The lowest BCUT2D eigenvalue weighted by atomic mass is 10.2. The Kier molecular flexibility index (Phi) is 3.58. The Morgan fingerprint density at radius 2 is 2.30 bits per heavy atom. The van der Waals surface area contributed by atoms with Crippen LogP contribution in [0.1, 0.15) is 25.7 Å². The summed E-state index contributed by atoms with van der Waals surface area (Å²) in [6.07, 6.45) is 5.93. The summed E-state index contributed by atoms with van der Waals surface area (Å²) >= 11 is 1.38. The first kappa shape index (κ1) is 13.3. The SMILES string of the molecule is O=[N+]([O-])c1c(N(CCO)C2CCCC2)nc2sccn12. The molecule has 8 heteroatoms. The largest absolute Gasteiger partial charge is 0.395 e. The molecule has 1 N–H and O–H groups in total. The fourth-order valence-electron chi connectivity index (χ4n) is 2.91. The molecule has 0 aliphatic heterocycles. The van der Waals surface area contributed by atoms with Gasteiger partial charge >= 0.3 is 5.82 Å². The van der Waals surface area contributed by atoms with Gasteiger partial charge in [-0.25, -0.2) is 0 Å². The Bertz CT molecular complexity index is 617. The maximum Gasteiger partial charge on any atom is 0.373 e. The van der Waals surface area contributed by atoms with Gasteiger partial charge in [0.05, 0.1) is 6.61 Å². The maximum atomic E-state index is 11.4. The zero-order valence-electron chi connectivity index (χ0n) is 10.9. The summed E-state index contributed by atoms with van der Waals surface area (Å²) in [5.41, 5.74) is 0. The highest BCUT2D eigenvalue weighted by Crippen LogP contribution is 2.35. The van der Waals surface area contributed by atoms with E-state index in [4.69, 9.17) is 0 Å². The highest BCUT2D eigenvalue weighted by Gasteiger charge is 2.32. The summed E-state index contributed by atoms with van der Waals surface area (Å²) in [6.45, 7) is 0.356. The number of hydrogen-bond acceptors (Lipinski definition) is 6. The summed E-state index contributed by atoms with van der Waals surface area (Å²) in [5, 5.41) is 22.4. The molecule has 1 aliphatic carbocycles. The van der Waals surface area contributed by atoms with Crippen molar-refractivity contribution >= 4 is 27.9 Å². The van der Waals surface area contributed by atoms with Gasteiger partial charge in [-0.2, -0.15) is 9.38 Å². The molecule has 108 valence electrons. The monoisotopic (exact) mass is 296 g/mol. The second-order valence-corrected chi connectivity index (χ2v) is 5.80. The van der Waals surface area contributed by atoms with E-state index >= 15 is 0 Å². The molecule has 0 radical (unpaired) electrons. The number of hydrogen-bond donors (Lipinski definition) is 1. The highest BCUT2D eigenvalue weighted by molar-refractivity contribution is 7.15. The first-order valence-corrected chi connectivity index (χ1v) is 7.57. The molecule has 1 saturated carbocycles. The molecule has 2 aromatic heterocycles. The van der Waals surface area contributed by atoms with E-state index in [-0.39, 0.29) is 23.4 Å². The Labute approximate surface area is 119 Å². The number of imidazole rings is 1. The molecule has 1 fully saturated rings. The first-order valence-electron chi connectivity index (χ1n) is 6.70. The molecule has 0 amide bonds. The van der Waals surface area contributed by atoms with E-state index in [0.29, 0.717) is 17.3 Å². The van der Waals surface area contributed by atoms with Crippen LogP contribution in [0, 0.1) is 10.1 Å². The van der Waals surface area contributed by atoms with Crippen LogP contribution in [0.15, 0.2) is 11.6 Å². The van der Waals surface area contributed by atoms with E-state index < -0.39 is 0 Å². The third kappa shape index (κ3) is 2.14. The molecule has 0 spiro atoms. The van der Waals surface area contributed by atoms with Crippen LogP contribution in [-0.4, -0.2) is 38.6 Å². The molecule has 3 rings (SSSR count). The van der Waals surface area contributed by atoms with E-state index in [2.05, 4.69) is 4.98 Å². The third-order valence-electron chi connectivity index (χ3n) is 3.77. The van der Waals surface area contributed by atoms with E-state index in [1.54, 1.807) is 11.6 Å². The third-order valence-corrected chi connectivity index (χ3v) is 4.53. The molecule has 0 saturated heterocycles. The van der Waals surface area contributed by atoms with Crippen molar-refractivity contribution in [2.75, 3.05) is 18.1 Å². The van der Waals surface area contributed by atoms with Gasteiger partial charge in [-0.15, -0.1) is 0 Å². The normalized spacial score (nSPS) is 16.1. The van der Waals surface area contributed by atoms with Crippen LogP contribution in [0.2, 0.25) is 0 Å². The second-order valence-electron chi connectivity index (χ2n) is 4.93. The quantitative estimate of drug-likeness (QED) is 0.674. The summed E-state index contributed by atoms with van der Waals surface area (Å²) in [6, 6.07) is 0.241. The Morgan fingerprint density at radius 1 is 1.55 bits per heavy atom. The fraction of sp³-hybridized carbons (Fsp3) is 0.583. The van der Waals surface area contributed by atoms with Crippen LogP contribution in [0.5, 0.6) is 0 Å². The summed E-state index contributed by atoms with van der Waals surface area (Å²) in [4.78, 5) is 17.9. The average Bonchev–Trinajstić information content (AvgIpc) is 3.11. The number of aliphatic hydroxyl groups is 1. The van der Waals surface area contributed by atoms with Crippen LogP contribution >= 0.6 is 11.3 Å². The summed E-state index contributed by atoms with van der Waals surface area (Å²) in [7, 11) is 0. The zero-order valence-corrected chi connectivity index (χ0v) is 11.8. The lowest BCUT2D eigenvalue weighted by Gasteiger charge is -2.27. The van der Waals surface area contributed by atoms with Crippen molar-refractivity contribution in [3.05, 3.63) is 21.7 Å². The van der Waals surface area contributed by atoms with Crippen LogP contribution in [0.4, 0.5) is 11.6 Å².